The summed E-state index contributed by atoms with van der Waals surface area (Å²) in [5.41, 5.74) is 5.26. The van der Waals surface area contributed by atoms with Crippen molar-refractivity contribution in [2.24, 2.45) is 5.73 Å². The van der Waals surface area contributed by atoms with E-state index in [1.807, 2.05) is 0 Å². The van der Waals surface area contributed by atoms with Crippen LogP contribution in [0.15, 0.2) is 0 Å². The number of hydrogen-bond donors (Lipinski definition) is 4. The minimum Gasteiger partial charge on any atom is -0.396 e. The van der Waals surface area contributed by atoms with Gasteiger partial charge in [-0.05, 0) is 12.8 Å². The van der Waals surface area contributed by atoms with Gasteiger partial charge < -0.3 is 30.9 Å². The van der Waals surface area contributed by atoms with Crippen LogP contribution in [0.3, 0.4) is 0 Å². The maximum absolute atomic E-state index is 11.4. The molecule has 0 rings (SSSR count). The number of carbonyl (C=O) groups is 2. The molecule has 2 amide bonds. The molecule has 0 aromatic rings. The fourth-order valence-electron chi connectivity index (χ4n) is 1.53. The van der Waals surface area contributed by atoms with Crippen molar-refractivity contribution in [2.75, 3.05) is 52.7 Å². The first-order valence-corrected chi connectivity index (χ1v) is 7.70. The van der Waals surface area contributed by atoms with Crippen molar-refractivity contribution in [2.45, 2.75) is 25.7 Å². The van der Waals surface area contributed by atoms with Gasteiger partial charge in [-0.2, -0.15) is 0 Å². The summed E-state index contributed by atoms with van der Waals surface area (Å²) in [4.78, 5) is 22.6. The molecule has 0 saturated heterocycles. The molecular weight excluding hydrogens is 290 g/mol. The molecule has 0 unspecified atom stereocenters. The van der Waals surface area contributed by atoms with Crippen LogP contribution in [0.25, 0.3) is 0 Å². The molecule has 0 aliphatic carbocycles. The first-order chi connectivity index (χ1) is 10.7. The quantitative estimate of drug-likeness (QED) is 0.280. The molecule has 22 heavy (non-hydrogen) atoms. The van der Waals surface area contributed by atoms with E-state index in [2.05, 4.69) is 10.6 Å². The SMILES string of the molecule is NCCOCCC(=O)NCCOCCCNC(=O)CCCO. The number of ether oxygens (including phenoxy) is 2. The van der Waals surface area contributed by atoms with Gasteiger partial charge in [-0.25, -0.2) is 0 Å². The van der Waals surface area contributed by atoms with Crippen molar-refractivity contribution < 1.29 is 24.2 Å². The van der Waals surface area contributed by atoms with Gasteiger partial charge in [-0.1, -0.05) is 0 Å². The van der Waals surface area contributed by atoms with Crippen LogP contribution in [0.5, 0.6) is 0 Å². The van der Waals surface area contributed by atoms with Crippen LogP contribution in [0.4, 0.5) is 0 Å². The predicted octanol–water partition coefficient (Wildman–Crippen LogP) is -1.24. The molecule has 0 aliphatic heterocycles. The van der Waals surface area contributed by atoms with E-state index in [1.54, 1.807) is 0 Å². The second kappa shape index (κ2) is 16.2. The Balaban J connectivity index is 3.22. The van der Waals surface area contributed by atoms with Crippen molar-refractivity contribution in [3.05, 3.63) is 0 Å². The Morgan fingerprint density at radius 1 is 0.864 bits per heavy atom. The summed E-state index contributed by atoms with van der Waals surface area (Å²) in [5.74, 6) is -0.130. The number of aliphatic hydroxyl groups is 1. The van der Waals surface area contributed by atoms with Crippen LogP contribution in [0, 0.1) is 0 Å². The minimum absolute atomic E-state index is 0.0292. The van der Waals surface area contributed by atoms with E-state index in [0.717, 1.165) is 0 Å². The van der Waals surface area contributed by atoms with Crippen LogP contribution in [-0.2, 0) is 19.1 Å². The maximum Gasteiger partial charge on any atom is 0.222 e. The summed E-state index contributed by atoms with van der Waals surface area (Å²) < 4.78 is 10.4. The Kier molecular flexibility index (Phi) is 15.3. The van der Waals surface area contributed by atoms with Crippen molar-refractivity contribution in [3.8, 4) is 0 Å². The number of nitrogens with one attached hydrogen (secondary N) is 2. The molecule has 0 aromatic carbocycles. The molecule has 0 aromatic heterocycles. The number of carbonyl (C=O) groups excluding carboxylic acids is 2. The monoisotopic (exact) mass is 319 g/mol. The van der Waals surface area contributed by atoms with Gasteiger partial charge in [0.25, 0.3) is 0 Å². The summed E-state index contributed by atoms with van der Waals surface area (Å²) >= 11 is 0. The molecule has 130 valence electrons. The van der Waals surface area contributed by atoms with Gasteiger partial charge in [0.15, 0.2) is 0 Å². The van der Waals surface area contributed by atoms with Crippen LogP contribution < -0.4 is 16.4 Å². The maximum atomic E-state index is 11.4. The minimum atomic E-state index is -0.0724. The van der Waals surface area contributed by atoms with Crippen LogP contribution in [0.1, 0.15) is 25.7 Å². The highest BCUT2D eigenvalue weighted by molar-refractivity contribution is 5.76. The third-order valence-corrected chi connectivity index (χ3v) is 2.65. The van der Waals surface area contributed by atoms with Gasteiger partial charge in [0, 0.05) is 45.7 Å². The normalized spacial score (nSPS) is 10.5. The third kappa shape index (κ3) is 15.2. The zero-order chi connectivity index (χ0) is 16.5. The summed E-state index contributed by atoms with van der Waals surface area (Å²) in [6.45, 7) is 3.29. The predicted molar refractivity (Wildman–Crippen MR) is 82.3 cm³/mol. The summed E-state index contributed by atoms with van der Waals surface area (Å²) in [5, 5.41) is 14.0. The van der Waals surface area contributed by atoms with Crippen molar-refractivity contribution in [3.63, 3.8) is 0 Å². The Morgan fingerprint density at radius 3 is 2.27 bits per heavy atom. The molecule has 0 saturated carbocycles. The standard InChI is InChI=1S/C14H29N3O5/c15-5-11-22-10-4-14(20)17-7-12-21-9-2-6-16-13(19)3-1-8-18/h18H,1-12,15H2,(H,16,19)(H,17,20). The third-order valence-electron chi connectivity index (χ3n) is 2.65. The lowest BCUT2D eigenvalue weighted by molar-refractivity contribution is -0.123. The Bertz CT molecular complexity index is 290. The van der Waals surface area contributed by atoms with E-state index >= 15 is 0 Å². The molecule has 0 spiro atoms. The van der Waals surface area contributed by atoms with Gasteiger partial charge in [-0.3, -0.25) is 9.59 Å². The van der Waals surface area contributed by atoms with E-state index in [0.29, 0.717) is 71.7 Å². The van der Waals surface area contributed by atoms with Crippen molar-refractivity contribution >= 4 is 11.8 Å². The number of rotatable bonds is 15. The zero-order valence-electron chi connectivity index (χ0n) is 13.1. The molecule has 0 atom stereocenters. The van der Waals surface area contributed by atoms with Gasteiger partial charge in [0.1, 0.15) is 0 Å². The first-order valence-electron chi connectivity index (χ1n) is 7.70. The summed E-state index contributed by atoms with van der Waals surface area (Å²) in [6.07, 6.45) is 1.86. The molecule has 5 N–H and O–H groups in total. The molecule has 8 nitrogen and oxygen atoms in total. The lowest BCUT2D eigenvalue weighted by atomic mass is 10.3. The lowest BCUT2D eigenvalue weighted by Crippen LogP contribution is -2.29. The molecule has 0 heterocycles. The number of hydrogen-bond acceptors (Lipinski definition) is 6. The Labute approximate surface area is 131 Å². The van der Waals surface area contributed by atoms with E-state index in [9.17, 15) is 9.59 Å². The molecule has 0 bridgehead atoms. The molecule has 0 aliphatic rings. The highest BCUT2D eigenvalue weighted by Gasteiger charge is 2.01. The molecule has 8 heteroatoms. The average Bonchev–Trinajstić information content (AvgIpc) is 2.52. The molecular formula is C14H29N3O5. The van der Waals surface area contributed by atoms with E-state index in [1.165, 1.54) is 0 Å². The van der Waals surface area contributed by atoms with Crippen LogP contribution in [0.2, 0.25) is 0 Å². The topological polar surface area (TPSA) is 123 Å². The Morgan fingerprint density at radius 2 is 1.55 bits per heavy atom. The smallest absolute Gasteiger partial charge is 0.222 e. The Hall–Kier alpha value is -1.22. The van der Waals surface area contributed by atoms with Gasteiger partial charge in [-0.15, -0.1) is 0 Å². The van der Waals surface area contributed by atoms with Crippen molar-refractivity contribution in [1.82, 2.24) is 10.6 Å². The van der Waals surface area contributed by atoms with Gasteiger partial charge in [0.2, 0.25) is 11.8 Å². The molecule has 0 radical (unpaired) electrons. The highest BCUT2D eigenvalue weighted by Crippen LogP contribution is 1.88. The van der Waals surface area contributed by atoms with E-state index in [-0.39, 0.29) is 18.4 Å². The number of amides is 2. The van der Waals surface area contributed by atoms with Gasteiger partial charge >= 0.3 is 0 Å². The van der Waals surface area contributed by atoms with Gasteiger partial charge in [0.05, 0.1) is 19.8 Å². The number of aliphatic hydroxyl groups excluding tert-OH is 1. The zero-order valence-corrected chi connectivity index (χ0v) is 13.1. The average molecular weight is 319 g/mol. The van der Waals surface area contributed by atoms with E-state index < -0.39 is 0 Å². The second-order valence-corrected chi connectivity index (χ2v) is 4.64. The van der Waals surface area contributed by atoms with Crippen molar-refractivity contribution in [1.29, 1.82) is 0 Å². The lowest BCUT2D eigenvalue weighted by Gasteiger charge is -2.07. The first kappa shape index (κ1) is 20.8. The second-order valence-electron chi connectivity index (χ2n) is 4.64. The largest absolute Gasteiger partial charge is 0.396 e. The fourth-order valence-corrected chi connectivity index (χ4v) is 1.53. The highest BCUT2D eigenvalue weighted by atomic mass is 16.5. The van der Waals surface area contributed by atoms with Crippen LogP contribution in [-0.4, -0.2) is 69.6 Å². The molecule has 0 fully saturated rings. The van der Waals surface area contributed by atoms with E-state index in [4.69, 9.17) is 20.3 Å². The summed E-state index contributed by atoms with van der Waals surface area (Å²) in [6, 6.07) is 0. The number of nitrogens with two attached hydrogens (primary N) is 1. The van der Waals surface area contributed by atoms with Crippen LogP contribution >= 0.6 is 0 Å². The fraction of sp³-hybridized carbons (Fsp3) is 0.857. The summed E-state index contributed by atoms with van der Waals surface area (Å²) in [7, 11) is 0.